The summed E-state index contributed by atoms with van der Waals surface area (Å²) in [6.07, 6.45) is 3.47. The lowest BCUT2D eigenvalue weighted by atomic mass is 10.2. The third-order valence-corrected chi connectivity index (χ3v) is 1.07. The van der Waals surface area contributed by atoms with Crippen LogP contribution in [0.4, 0.5) is 0 Å². The number of hydrogen-bond acceptors (Lipinski definition) is 4. The Kier molecular flexibility index (Phi) is 5.16. The Morgan fingerprint density at radius 3 is 2.50 bits per heavy atom. The maximum atomic E-state index is 9.71. The number of hydrogen-bond donors (Lipinski definition) is 0. The normalized spacial score (nSPS) is 10.9. The van der Waals surface area contributed by atoms with Crippen molar-refractivity contribution < 1.29 is 9.59 Å². The summed E-state index contributed by atoms with van der Waals surface area (Å²) in [7, 11) is 0. The lowest BCUT2D eigenvalue weighted by Crippen LogP contribution is -2.05. The van der Waals surface area contributed by atoms with E-state index in [4.69, 9.17) is 0 Å². The van der Waals surface area contributed by atoms with E-state index in [0.717, 1.165) is 0 Å². The fourth-order valence-corrected chi connectivity index (χ4v) is 0.478. The zero-order valence-electron chi connectivity index (χ0n) is 5.70. The molecule has 0 saturated heterocycles. The molecule has 0 aromatic rings. The number of isocyanates is 2. The fourth-order valence-electron chi connectivity index (χ4n) is 0.478. The second-order valence-corrected chi connectivity index (χ2v) is 1.71. The molecule has 0 heterocycles. The van der Waals surface area contributed by atoms with Crippen LogP contribution in [0, 0.1) is 0 Å². The Balaban J connectivity index is 3.81. The summed E-state index contributed by atoms with van der Waals surface area (Å²) in [6, 6.07) is -0.209. The number of aliphatic imine (C=N–C) groups is 2. The van der Waals surface area contributed by atoms with Crippen molar-refractivity contribution in [3.63, 3.8) is 0 Å². The first kappa shape index (κ1) is 8.76. The predicted molar refractivity (Wildman–Crippen MR) is 35.2 cm³/mol. The molecule has 0 aromatic carbocycles. The molecule has 0 bridgehead atoms. The SMILES string of the molecule is CCC(CN=C=O)N=C=O. The predicted octanol–water partition coefficient (Wildman–Crippen LogP) is 0.437. The van der Waals surface area contributed by atoms with Gasteiger partial charge in [0.1, 0.15) is 0 Å². The minimum absolute atomic E-state index is 0.209. The highest BCUT2D eigenvalue weighted by Crippen LogP contribution is 1.95. The number of rotatable bonds is 4. The molecule has 0 saturated carbocycles. The van der Waals surface area contributed by atoms with Crippen LogP contribution in [0.3, 0.4) is 0 Å². The standard InChI is InChI=1S/C6H8N2O2/c1-2-6(8-5-10)3-7-4-9/h6H,2-3H2,1H3. The highest BCUT2D eigenvalue weighted by Gasteiger charge is 2.00. The van der Waals surface area contributed by atoms with Gasteiger partial charge in [-0.15, -0.1) is 0 Å². The van der Waals surface area contributed by atoms with Crippen LogP contribution >= 0.6 is 0 Å². The Hall–Kier alpha value is -1.24. The van der Waals surface area contributed by atoms with Gasteiger partial charge in [-0.2, -0.15) is 0 Å². The van der Waals surface area contributed by atoms with Gasteiger partial charge in [-0.1, -0.05) is 6.92 Å². The fraction of sp³-hybridized carbons (Fsp3) is 0.667. The molecule has 0 N–H and O–H groups in total. The third-order valence-electron chi connectivity index (χ3n) is 1.07. The van der Waals surface area contributed by atoms with Gasteiger partial charge >= 0.3 is 0 Å². The van der Waals surface area contributed by atoms with Gasteiger partial charge in [0.25, 0.3) is 0 Å². The van der Waals surface area contributed by atoms with E-state index >= 15 is 0 Å². The summed E-state index contributed by atoms with van der Waals surface area (Å²) >= 11 is 0. The van der Waals surface area contributed by atoms with Gasteiger partial charge in [-0.05, 0) is 6.42 Å². The van der Waals surface area contributed by atoms with E-state index in [1.807, 2.05) is 6.92 Å². The summed E-state index contributed by atoms with van der Waals surface area (Å²) < 4.78 is 0. The maximum Gasteiger partial charge on any atom is 0.235 e. The minimum atomic E-state index is -0.209. The highest BCUT2D eigenvalue weighted by molar-refractivity contribution is 5.35. The Morgan fingerprint density at radius 1 is 1.40 bits per heavy atom. The average Bonchev–Trinajstić information content (AvgIpc) is 1.98. The van der Waals surface area contributed by atoms with Gasteiger partial charge in [-0.3, -0.25) is 0 Å². The Morgan fingerprint density at radius 2 is 2.10 bits per heavy atom. The zero-order valence-corrected chi connectivity index (χ0v) is 5.70. The molecule has 0 fully saturated rings. The Labute approximate surface area is 58.7 Å². The van der Waals surface area contributed by atoms with Crippen LogP contribution in [0.2, 0.25) is 0 Å². The van der Waals surface area contributed by atoms with Crippen molar-refractivity contribution in [3.8, 4) is 0 Å². The van der Waals surface area contributed by atoms with Crippen molar-refractivity contribution in [2.75, 3.05) is 6.54 Å². The summed E-state index contributed by atoms with van der Waals surface area (Å²) in [6.45, 7) is 2.08. The summed E-state index contributed by atoms with van der Waals surface area (Å²) in [5.74, 6) is 0. The summed E-state index contributed by atoms with van der Waals surface area (Å²) in [5.41, 5.74) is 0. The largest absolute Gasteiger partial charge is 0.235 e. The van der Waals surface area contributed by atoms with Crippen LogP contribution in [0.25, 0.3) is 0 Å². The van der Waals surface area contributed by atoms with Crippen molar-refractivity contribution in [1.82, 2.24) is 0 Å². The second kappa shape index (κ2) is 5.89. The van der Waals surface area contributed by atoms with E-state index in [1.165, 1.54) is 12.2 Å². The lowest BCUT2D eigenvalue weighted by molar-refractivity contribution is 0.549. The first-order valence-electron chi connectivity index (χ1n) is 2.95. The molecular weight excluding hydrogens is 132 g/mol. The highest BCUT2D eigenvalue weighted by atomic mass is 16.1. The van der Waals surface area contributed by atoms with E-state index in [9.17, 15) is 9.59 Å². The molecule has 0 spiro atoms. The first-order valence-corrected chi connectivity index (χ1v) is 2.95. The van der Waals surface area contributed by atoms with Gasteiger partial charge in [0.2, 0.25) is 12.2 Å². The molecule has 0 aliphatic carbocycles. The average molecular weight is 140 g/mol. The van der Waals surface area contributed by atoms with Gasteiger partial charge in [-0.25, -0.2) is 19.6 Å². The lowest BCUT2D eigenvalue weighted by Gasteiger charge is -1.98. The van der Waals surface area contributed by atoms with E-state index < -0.39 is 0 Å². The molecule has 4 nitrogen and oxygen atoms in total. The molecular formula is C6H8N2O2. The topological polar surface area (TPSA) is 58.9 Å². The molecule has 0 rings (SSSR count). The molecule has 4 heteroatoms. The molecule has 54 valence electrons. The van der Waals surface area contributed by atoms with E-state index in [0.29, 0.717) is 6.42 Å². The van der Waals surface area contributed by atoms with Crippen LogP contribution < -0.4 is 0 Å². The van der Waals surface area contributed by atoms with Gasteiger partial charge < -0.3 is 0 Å². The zero-order chi connectivity index (χ0) is 7.82. The first-order chi connectivity index (χ1) is 4.85. The van der Waals surface area contributed by atoms with E-state index in [-0.39, 0.29) is 12.6 Å². The van der Waals surface area contributed by atoms with Crippen LogP contribution in [0.15, 0.2) is 9.98 Å². The third kappa shape index (κ3) is 3.72. The molecule has 0 aliphatic heterocycles. The molecule has 0 amide bonds. The van der Waals surface area contributed by atoms with Crippen molar-refractivity contribution in [3.05, 3.63) is 0 Å². The van der Waals surface area contributed by atoms with Crippen LogP contribution in [-0.2, 0) is 9.59 Å². The molecule has 10 heavy (non-hydrogen) atoms. The maximum absolute atomic E-state index is 9.71. The van der Waals surface area contributed by atoms with Gasteiger partial charge in [0.05, 0.1) is 12.6 Å². The van der Waals surface area contributed by atoms with Crippen LogP contribution in [0.1, 0.15) is 13.3 Å². The summed E-state index contributed by atoms with van der Waals surface area (Å²) in [5, 5.41) is 0. The van der Waals surface area contributed by atoms with Crippen LogP contribution in [0.5, 0.6) is 0 Å². The van der Waals surface area contributed by atoms with Crippen LogP contribution in [-0.4, -0.2) is 24.7 Å². The number of carbonyl (C=O) groups excluding carboxylic acids is 2. The van der Waals surface area contributed by atoms with Crippen molar-refractivity contribution in [1.29, 1.82) is 0 Å². The number of nitrogens with zero attached hydrogens (tertiary/aromatic N) is 2. The van der Waals surface area contributed by atoms with E-state index in [1.54, 1.807) is 0 Å². The smallest absolute Gasteiger partial charge is 0.211 e. The van der Waals surface area contributed by atoms with Crippen molar-refractivity contribution >= 4 is 12.2 Å². The molecule has 0 aliphatic rings. The van der Waals surface area contributed by atoms with Gasteiger partial charge in [0.15, 0.2) is 0 Å². The molecule has 0 radical (unpaired) electrons. The van der Waals surface area contributed by atoms with Crippen molar-refractivity contribution in [2.45, 2.75) is 19.4 Å². The van der Waals surface area contributed by atoms with Gasteiger partial charge in [0, 0.05) is 0 Å². The minimum Gasteiger partial charge on any atom is -0.211 e. The molecule has 1 unspecified atom stereocenters. The van der Waals surface area contributed by atoms with Crippen molar-refractivity contribution in [2.24, 2.45) is 9.98 Å². The molecule has 0 aromatic heterocycles. The van der Waals surface area contributed by atoms with E-state index in [2.05, 4.69) is 9.98 Å². The summed E-state index contributed by atoms with van der Waals surface area (Å²) in [4.78, 5) is 26.0. The second-order valence-electron chi connectivity index (χ2n) is 1.71. The Bertz CT molecular complexity index is 178. The quantitative estimate of drug-likeness (QED) is 0.420. The molecule has 1 atom stereocenters. The monoisotopic (exact) mass is 140 g/mol.